The summed E-state index contributed by atoms with van der Waals surface area (Å²) in [5.41, 5.74) is 1.18. The van der Waals surface area contributed by atoms with Gasteiger partial charge < -0.3 is 9.88 Å². The van der Waals surface area contributed by atoms with Gasteiger partial charge in [0.1, 0.15) is 0 Å². The van der Waals surface area contributed by atoms with Crippen molar-refractivity contribution in [3.8, 4) is 11.4 Å². The van der Waals surface area contributed by atoms with E-state index in [1.165, 1.54) is 11.5 Å². The van der Waals surface area contributed by atoms with Gasteiger partial charge in [0.15, 0.2) is 5.82 Å². The number of hydrogen-bond donors (Lipinski definition) is 2. The molecule has 0 bridgehead atoms. The number of hydrogen-bond acceptors (Lipinski definition) is 6. The van der Waals surface area contributed by atoms with E-state index in [9.17, 15) is 9.59 Å². The molecule has 10 heteroatoms. The predicted molar refractivity (Wildman–Crippen MR) is 97.8 cm³/mol. The molecule has 0 atom stereocenters. The van der Waals surface area contributed by atoms with E-state index in [1.54, 1.807) is 12.1 Å². The molecule has 0 saturated heterocycles. The van der Waals surface area contributed by atoms with Crippen molar-refractivity contribution in [2.24, 2.45) is 0 Å². The summed E-state index contributed by atoms with van der Waals surface area (Å²) in [6.07, 6.45) is 0.531. The molecule has 2 N–H and O–H groups in total. The lowest BCUT2D eigenvalue weighted by Crippen LogP contribution is -2.38. The molecule has 0 spiro atoms. The molecule has 1 aliphatic rings. The van der Waals surface area contributed by atoms with Crippen molar-refractivity contribution in [1.29, 1.82) is 0 Å². The molecule has 1 aromatic carbocycles. The Balaban J connectivity index is 1.63. The maximum atomic E-state index is 11.8. The topological polar surface area (TPSA) is 94.7 Å². The summed E-state index contributed by atoms with van der Waals surface area (Å²) in [5, 5.41) is 1.63. The van der Waals surface area contributed by atoms with Gasteiger partial charge in [-0.1, -0.05) is 23.2 Å². The van der Waals surface area contributed by atoms with Gasteiger partial charge in [0.2, 0.25) is 5.13 Å². The van der Waals surface area contributed by atoms with Crippen LogP contribution in [0, 0.1) is 0 Å². The SMILES string of the molecule is O=c1[nH]c2c(c(=O)[nH]1)CCN(c1nc(-c3ccc(Cl)c(Cl)c3)ns1)C2. The van der Waals surface area contributed by atoms with Crippen LogP contribution in [-0.4, -0.2) is 25.9 Å². The average molecular weight is 396 g/mol. The second kappa shape index (κ2) is 6.29. The molecule has 0 fully saturated rings. The Hall–Kier alpha value is -2.16. The zero-order valence-electron chi connectivity index (χ0n) is 12.7. The van der Waals surface area contributed by atoms with Crippen molar-refractivity contribution in [3.05, 3.63) is 60.3 Å². The van der Waals surface area contributed by atoms with Gasteiger partial charge in [-0.15, -0.1) is 0 Å². The summed E-state index contributed by atoms with van der Waals surface area (Å²) < 4.78 is 4.37. The average Bonchev–Trinajstić information content (AvgIpc) is 3.06. The predicted octanol–water partition coefficient (Wildman–Crippen LogP) is 2.45. The summed E-state index contributed by atoms with van der Waals surface area (Å²) in [6.45, 7) is 1.03. The van der Waals surface area contributed by atoms with Gasteiger partial charge in [0, 0.05) is 34.9 Å². The molecule has 4 rings (SSSR count). The van der Waals surface area contributed by atoms with Crippen LogP contribution in [0.25, 0.3) is 11.4 Å². The van der Waals surface area contributed by atoms with Crippen LogP contribution in [0.2, 0.25) is 10.0 Å². The smallest absolute Gasteiger partial charge is 0.325 e. The highest BCUT2D eigenvalue weighted by atomic mass is 35.5. The van der Waals surface area contributed by atoms with Crippen molar-refractivity contribution in [2.45, 2.75) is 13.0 Å². The molecule has 2 aromatic heterocycles. The summed E-state index contributed by atoms with van der Waals surface area (Å²) in [5.74, 6) is 0.559. The van der Waals surface area contributed by atoms with E-state index in [0.717, 1.165) is 5.56 Å². The summed E-state index contributed by atoms with van der Waals surface area (Å²) in [7, 11) is 0. The van der Waals surface area contributed by atoms with Gasteiger partial charge in [-0.2, -0.15) is 9.36 Å². The van der Waals surface area contributed by atoms with Crippen LogP contribution in [0.1, 0.15) is 11.3 Å². The number of nitrogens with zero attached hydrogens (tertiary/aromatic N) is 3. The van der Waals surface area contributed by atoms with Gasteiger partial charge >= 0.3 is 5.69 Å². The number of aromatic amines is 2. The number of nitrogens with one attached hydrogen (secondary N) is 2. The van der Waals surface area contributed by atoms with E-state index in [4.69, 9.17) is 23.2 Å². The number of aromatic nitrogens is 4. The third-order valence-electron chi connectivity index (χ3n) is 3.97. The zero-order chi connectivity index (χ0) is 17.6. The van der Waals surface area contributed by atoms with Gasteiger partial charge in [-0.3, -0.25) is 9.78 Å². The molecule has 0 saturated carbocycles. The Morgan fingerprint density at radius 3 is 2.80 bits per heavy atom. The van der Waals surface area contributed by atoms with Gasteiger partial charge in [-0.25, -0.2) is 4.79 Å². The number of rotatable bonds is 2. The summed E-state index contributed by atoms with van der Waals surface area (Å²) in [6, 6.07) is 5.23. The van der Waals surface area contributed by atoms with Gasteiger partial charge in [0.25, 0.3) is 5.56 Å². The number of benzene rings is 1. The molecule has 0 amide bonds. The van der Waals surface area contributed by atoms with Crippen molar-refractivity contribution in [1.82, 2.24) is 19.3 Å². The Kier molecular flexibility index (Phi) is 4.10. The van der Waals surface area contributed by atoms with Crippen LogP contribution >= 0.6 is 34.7 Å². The van der Waals surface area contributed by atoms with Crippen LogP contribution in [0.3, 0.4) is 0 Å². The number of anilines is 1. The molecule has 3 heterocycles. The first-order chi connectivity index (χ1) is 12.0. The fourth-order valence-electron chi connectivity index (χ4n) is 2.74. The number of halogens is 2. The summed E-state index contributed by atoms with van der Waals surface area (Å²) >= 11 is 13.2. The van der Waals surface area contributed by atoms with Gasteiger partial charge in [-0.05, 0) is 24.6 Å². The highest BCUT2D eigenvalue weighted by molar-refractivity contribution is 7.09. The Morgan fingerprint density at radius 2 is 2.00 bits per heavy atom. The summed E-state index contributed by atoms with van der Waals surface area (Å²) in [4.78, 5) is 34.8. The first-order valence-corrected chi connectivity index (χ1v) is 8.92. The van der Waals surface area contributed by atoms with Crippen molar-refractivity contribution in [2.75, 3.05) is 11.4 Å². The van der Waals surface area contributed by atoms with Crippen LogP contribution in [0.4, 0.5) is 5.13 Å². The molecule has 25 heavy (non-hydrogen) atoms. The molecule has 0 radical (unpaired) electrons. The first kappa shape index (κ1) is 16.3. The second-order valence-corrected chi connectivity index (χ2v) is 7.11. The maximum Gasteiger partial charge on any atom is 0.325 e. The second-order valence-electron chi connectivity index (χ2n) is 5.57. The van der Waals surface area contributed by atoms with E-state index < -0.39 is 5.69 Å². The fraction of sp³-hybridized carbons (Fsp3) is 0.200. The van der Waals surface area contributed by atoms with Crippen LogP contribution in [-0.2, 0) is 13.0 Å². The minimum atomic E-state index is -0.501. The van der Waals surface area contributed by atoms with Crippen molar-refractivity contribution >= 4 is 39.9 Å². The Bertz CT molecular complexity index is 1070. The normalized spacial score (nSPS) is 13.8. The Labute approximate surface area is 155 Å². The highest BCUT2D eigenvalue weighted by Gasteiger charge is 2.23. The third kappa shape index (κ3) is 3.08. The molecular weight excluding hydrogens is 385 g/mol. The fourth-order valence-corrected chi connectivity index (χ4v) is 3.75. The minimum Gasteiger partial charge on any atom is -0.341 e. The quantitative estimate of drug-likeness (QED) is 0.694. The van der Waals surface area contributed by atoms with Crippen molar-refractivity contribution < 1.29 is 0 Å². The van der Waals surface area contributed by atoms with Crippen LogP contribution < -0.4 is 16.1 Å². The van der Waals surface area contributed by atoms with E-state index in [0.29, 0.717) is 51.8 Å². The Morgan fingerprint density at radius 1 is 1.16 bits per heavy atom. The lowest BCUT2D eigenvalue weighted by Gasteiger charge is -2.26. The monoisotopic (exact) mass is 395 g/mol. The minimum absolute atomic E-state index is 0.327. The standard InChI is InChI=1S/C15H11Cl2N5O2S/c16-9-2-1-7(5-10(9)17)12-19-15(25-21-12)22-4-3-8-11(6-22)18-14(24)20-13(8)23/h1-2,5H,3-4,6H2,(H2,18,20,23,24). The number of fused-ring (bicyclic) bond motifs is 1. The van der Waals surface area contributed by atoms with E-state index in [2.05, 4.69) is 19.3 Å². The van der Waals surface area contributed by atoms with Crippen LogP contribution in [0.15, 0.2) is 27.8 Å². The number of H-pyrrole nitrogens is 2. The third-order valence-corrected chi connectivity index (χ3v) is 5.49. The molecule has 1 aliphatic heterocycles. The van der Waals surface area contributed by atoms with Crippen molar-refractivity contribution in [3.63, 3.8) is 0 Å². The maximum absolute atomic E-state index is 11.8. The largest absolute Gasteiger partial charge is 0.341 e. The first-order valence-electron chi connectivity index (χ1n) is 7.39. The van der Waals surface area contributed by atoms with E-state index in [-0.39, 0.29) is 5.56 Å². The molecule has 3 aromatic rings. The van der Waals surface area contributed by atoms with E-state index in [1.807, 2.05) is 11.0 Å². The van der Waals surface area contributed by atoms with Gasteiger partial charge in [0.05, 0.1) is 16.6 Å². The molecule has 7 nitrogen and oxygen atoms in total. The van der Waals surface area contributed by atoms with E-state index >= 15 is 0 Å². The zero-order valence-corrected chi connectivity index (χ0v) is 15.0. The molecular formula is C15H11Cl2N5O2S. The molecule has 128 valence electrons. The lowest BCUT2D eigenvalue weighted by atomic mass is 10.1. The highest BCUT2D eigenvalue weighted by Crippen LogP contribution is 2.30. The molecule has 0 aliphatic carbocycles. The lowest BCUT2D eigenvalue weighted by molar-refractivity contribution is 0.688. The van der Waals surface area contributed by atoms with Crippen LogP contribution in [0.5, 0.6) is 0 Å². The molecule has 0 unspecified atom stereocenters.